The molecule has 2 nitrogen and oxygen atoms in total. The van der Waals surface area contributed by atoms with Crippen LogP contribution < -0.4 is 4.74 Å². The van der Waals surface area contributed by atoms with E-state index < -0.39 is 0 Å². The lowest BCUT2D eigenvalue weighted by Crippen LogP contribution is -2.00. The number of unbranched alkanes of at least 4 members (excludes halogenated alkanes) is 2. The lowest BCUT2D eigenvalue weighted by atomic mass is 10.0. The molecule has 0 aliphatic heterocycles. The maximum absolute atomic E-state index is 11.9. The Kier molecular flexibility index (Phi) is 6.06. The zero-order valence-electron chi connectivity index (χ0n) is 10.5. The first-order valence-corrected chi connectivity index (χ1v) is 6.46. The van der Waals surface area contributed by atoms with E-state index in [0.717, 1.165) is 36.1 Å². The number of carbonyl (C=O) groups is 1. The van der Waals surface area contributed by atoms with Gasteiger partial charge >= 0.3 is 0 Å². The van der Waals surface area contributed by atoms with Crippen molar-refractivity contribution in [1.29, 1.82) is 0 Å². The summed E-state index contributed by atoms with van der Waals surface area (Å²) in [7, 11) is 1.63. The van der Waals surface area contributed by atoms with Crippen molar-refractivity contribution in [2.45, 2.75) is 32.6 Å². The summed E-state index contributed by atoms with van der Waals surface area (Å²) in [5.74, 6) is 1.70. The van der Waals surface area contributed by atoms with E-state index in [1.807, 2.05) is 25.1 Å². The van der Waals surface area contributed by atoms with E-state index in [1.165, 1.54) is 0 Å². The highest BCUT2D eigenvalue weighted by atomic mass is 35.5. The van der Waals surface area contributed by atoms with E-state index in [-0.39, 0.29) is 5.78 Å². The van der Waals surface area contributed by atoms with Crippen LogP contribution in [0.25, 0.3) is 0 Å². The normalized spacial score (nSPS) is 10.3. The lowest BCUT2D eigenvalue weighted by Gasteiger charge is -2.06. The number of alkyl halides is 1. The quantitative estimate of drug-likeness (QED) is 0.418. The van der Waals surface area contributed by atoms with Gasteiger partial charge in [-0.25, -0.2) is 0 Å². The Bertz CT molecular complexity index is 374. The van der Waals surface area contributed by atoms with Gasteiger partial charge in [-0.05, 0) is 43.5 Å². The minimum absolute atomic E-state index is 0.199. The second kappa shape index (κ2) is 7.33. The maximum atomic E-state index is 11.9. The third-order valence-electron chi connectivity index (χ3n) is 2.75. The van der Waals surface area contributed by atoms with Gasteiger partial charge in [-0.1, -0.05) is 6.42 Å². The Labute approximate surface area is 108 Å². The number of carbonyl (C=O) groups excluding carboxylic acids is 1. The number of methoxy groups -OCH3 is 1. The first kappa shape index (κ1) is 14.0. The Morgan fingerprint density at radius 3 is 2.65 bits per heavy atom. The van der Waals surface area contributed by atoms with Gasteiger partial charge in [0.1, 0.15) is 5.75 Å². The van der Waals surface area contributed by atoms with Gasteiger partial charge in [0.15, 0.2) is 5.78 Å². The van der Waals surface area contributed by atoms with E-state index in [4.69, 9.17) is 16.3 Å². The van der Waals surface area contributed by atoms with Crippen LogP contribution in [0.5, 0.6) is 5.75 Å². The first-order valence-electron chi connectivity index (χ1n) is 5.93. The van der Waals surface area contributed by atoms with E-state index in [9.17, 15) is 4.79 Å². The van der Waals surface area contributed by atoms with Crippen LogP contribution >= 0.6 is 11.6 Å². The van der Waals surface area contributed by atoms with Crippen LogP contribution in [0.3, 0.4) is 0 Å². The maximum Gasteiger partial charge on any atom is 0.162 e. The molecule has 0 atom stereocenters. The molecule has 0 saturated heterocycles. The fraction of sp³-hybridized carbons (Fsp3) is 0.500. The van der Waals surface area contributed by atoms with Crippen molar-refractivity contribution >= 4 is 17.4 Å². The van der Waals surface area contributed by atoms with Crippen LogP contribution in [-0.2, 0) is 0 Å². The zero-order valence-corrected chi connectivity index (χ0v) is 11.2. The van der Waals surface area contributed by atoms with Crippen LogP contribution in [0, 0.1) is 6.92 Å². The number of ether oxygens (including phenoxy) is 1. The smallest absolute Gasteiger partial charge is 0.162 e. The van der Waals surface area contributed by atoms with Crippen molar-refractivity contribution in [3.63, 3.8) is 0 Å². The second-order valence-corrected chi connectivity index (χ2v) is 4.49. The summed E-state index contributed by atoms with van der Waals surface area (Å²) in [5, 5.41) is 0. The number of halogens is 1. The summed E-state index contributed by atoms with van der Waals surface area (Å²) in [6.45, 7) is 1.95. The number of hydrogen-bond donors (Lipinski definition) is 0. The van der Waals surface area contributed by atoms with E-state index in [2.05, 4.69) is 0 Å². The molecule has 0 aliphatic carbocycles. The Balaban J connectivity index is 2.54. The van der Waals surface area contributed by atoms with Crippen molar-refractivity contribution < 1.29 is 9.53 Å². The number of hydrogen-bond acceptors (Lipinski definition) is 2. The molecule has 0 amide bonds. The molecule has 0 bridgehead atoms. The number of aryl methyl sites for hydroxylation is 1. The number of ketones is 1. The fourth-order valence-electron chi connectivity index (χ4n) is 1.75. The molecule has 94 valence electrons. The van der Waals surface area contributed by atoms with Gasteiger partial charge < -0.3 is 4.74 Å². The molecule has 3 heteroatoms. The average Bonchev–Trinajstić information content (AvgIpc) is 2.34. The highest BCUT2D eigenvalue weighted by Crippen LogP contribution is 2.19. The SMILES string of the molecule is COc1ccc(C(=O)CCCCCCl)cc1C. The van der Waals surface area contributed by atoms with Crippen molar-refractivity contribution in [3.8, 4) is 5.75 Å². The topological polar surface area (TPSA) is 26.3 Å². The van der Waals surface area contributed by atoms with Gasteiger partial charge in [0, 0.05) is 17.9 Å². The molecule has 1 aromatic rings. The Morgan fingerprint density at radius 1 is 1.29 bits per heavy atom. The first-order chi connectivity index (χ1) is 8.19. The molecule has 17 heavy (non-hydrogen) atoms. The van der Waals surface area contributed by atoms with Gasteiger partial charge in [-0.2, -0.15) is 0 Å². The molecule has 1 aromatic carbocycles. The monoisotopic (exact) mass is 254 g/mol. The summed E-state index contributed by atoms with van der Waals surface area (Å²) < 4.78 is 5.17. The highest BCUT2D eigenvalue weighted by Gasteiger charge is 2.07. The van der Waals surface area contributed by atoms with E-state index in [0.29, 0.717) is 12.3 Å². The lowest BCUT2D eigenvalue weighted by molar-refractivity contribution is 0.0979. The molecule has 0 unspecified atom stereocenters. The van der Waals surface area contributed by atoms with Crippen molar-refractivity contribution in [3.05, 3.63) is 29.3 Å². The zero-order chi connectivity index (χ0) is 12.7. The molecule has 0 fully saturated rings. The molecule has 0 heterocycles. The predicted octanol–water partition coefficient (Wildman–Crippen LogP) is 3.99. The van der Waals surface area contributed by atoms with Crippen LogP contribution in [0.15, 0.2) is 18.2 Å². The fourth-order valence-corrected chi connectivity index (χ4v) is 1.94. The molecule has 0 saturated carbocycles. The average molecular weight is 255 g/mol. The van der Waals surface area contributed by atoms with Crippen LogP contribution in [-0.4, -0.2) is 18.8 Å². The van der Waals surface area contributed by atoms with Crippen LogP contribution in [0.1, 0.15) is 41.6 Å². The highest BCUT2D eigenvalue weighted by molar-refractivity contribution is 6.17. The summed E-state index contributed by atoms with van der Waals surface area (Å²) >= 11 is 5.59. The molecular formula is C14H19ClO2. The summed E-state index contributed by atoms with van der Waals surface area (Å²) in [6, 6.07) is 5.57. The van der Waals surface area contributed by atoms with Crippen molar-refractivity contribution in [1.82, 2.24) is 0 Å². The minimum Gasteiger partial charge on any atom is -0.496 e. The Hall–Kier alpha value is -1.02. The molecule has 0 aliphatic rings. The summed E-state index contributed by atoms with van der Waals surface area (Å²) in [5.41, 5.74) is 1.77. The molecule has 0 aromatic heterocycles. The number of rotatable bonds is 7. The van der Waals surface area contributed by atoms with Crippen LogP contribution in [0.2, 0.25) is 0 Å². The predicted molar refractivity (Wildman–Crippen MR) is 71.2 cm³/mol. The second-order valence-electron chi connectivity index (χ2n) is 4.11. The third kappa shape index (κ3) is 4.39. The van der Waals surface area contributed by atoms with Crippen LogP contribution in [0.4, 0.5) is 0 Å². The summed E-state index contributed by atoms with van der Waals surface area (Å²) in [6.07, 6.45) is 3.51. The molecular weight excluding hydrogens is 236 g/mol. The van der Waals surface area contributed by atoms with Gasteiger partial charge in [0.2, 0.25) is 0 Å². The molecule has 0 N–H and O–H groups in total. The minimum atomic E-state index is 0.199. The van der Waals surface area contributed by atoms with Crippen molar-refractivity contribution in [2.75, 3.05) is 13.0 Å². The van der Waals surface area contributed by atoms with E-state index >= 15 is 0 Å². The van der Waals surface area contributed by atoms with Crippen molar-refractivity contribution in [2.24, 2.45) is 0 Å². The van der Waals surface area contributed by atoms with Gasteiger partial charge in [0.05, 0.1) is 7.11 Å². The third-order valence-corrected chi connectivity index (χ3v) is 3.02. The molecule has 1 rings (SSSR count). The van der Waals surface area contributed by atoms with Gasteiger partial charge in [0.25, 0.3) is 0 Å². The standard InChI is InChI=1S/C14H19ClO2/c1-11-10-12(7-8-14(11)17-2)13(16)6-4-3-5-9-15/h7-8,10H,3-6,9H2,1-2H3. The Morgan fingerprint density at radius 2 is 2.06 bits per heavy atom. The summed E-state index contributed by atoms with van der Waals surface area (Å²) in [4.78, 5) is 11.9. The molecule has 0 spiro atoms. The molecule has 0 radical (unpaired) electrons. The number of Topliss-reactive ketones (excluding diaryl/α,β-unsaturated/α-hetero) is 1. The number of benzene rings is 1. The van der Waals surface area contributed by atoms with Gasteiger partial charge in [-0.15, -0.1) is 11.6 Å². The van der Waals surface area contributed by atoms with Gasteiger partial charge in [-0.3, -0.25) is 4.79 Å². The largest absolute Gasteiger partial charge is 0.496 e. The van der Waals surface area contributed by atoms with E-state index in [1.54, 1.807) is 7.11 Å².